The number of aromatic nitrogens is 3. The number of carbonyl (C=O) groups is 1. The van der Waals surface area contributed by atoms with Gasteiger partial charge in [0.25, 0.3) is 0 Å². The van der Waals surface area contributed by atoms with Crippen LogP contribution >= 0.6 is 11.6 Å². The summed E-state index contributed by atoms with van der Waals surface area (Å²) in [5.74, 6) is -0.650. The van der Waals surface area contributed by atoms with E-state index in [-0.39, 0.29) is 35.5 Å². The maximum absolute atomic E-state index is 16.1. The molecule has 0 radical (unpaired) electrons. The van der Waals surface area contributed by atoms with Crippen molar-refractivity contribution in [3.63, 3.8) is 0 Å². The molecule has 0 saturated carbocycles. The second-order valence-electron chi connectivity index (χ2n) is 11.1. The number of aromatic carboxylic acids is 1. The second kappa shape index (κ2) is 12.2. The molecule has 2 aliphatic rings. The quantitative estimate of drug-likeness (QED) is 0.180. The van der Waals surface area contributed by atoms with Crippen LogP contribution in [-0.2, 0) is 30.7 Å². The number of benzene rings is 3. The van der Waals surface area contributed by atoms with Gasteiger partial charge in [-0.05, 0) is 55.0 Å². The summed E-state index contributed by atoms with van der Waals surface area (Å²) in [5.41, 5.74) is 3.80. The first-order chi connectivity index (χ1) is 22.3. The summed E-state index contributed by atoms with van der Waals surface area (Å²) in [6.07, 6.45) is 1.42. The molecule has 0 amide bonds. The van der Waals surface area contributed by atoms with E-state index in [0.29, 0.717) is 77.1 Å². The molecule has 0 aliphatic carbocycles. The minimum atomic E-state index is -1.09. The van der Waals surface area contributed by atoms with E-state index >= 15 is 4.39 Å². The second-order valence-corrected chi connectivity index (χ2v) is 11.6. The van der Waals surface area contributed by atoms with Crippen molar-refractivity contribution in [2.24, 2.45) is 0 Å². The molecule has 1 fully saturated rings. The molecule has 0 spiro atoms. The van der Waals surface area contributed by atoms with Gasteiger partial charge in [-0.25, -0.2) is 23.5 Å². The average Bonchev–Trinajstić information content (AvgIpc) is 3.64. The van der Waals surface area contributed by atoms with Crippen LogP contribution in [-0.4, -0.2) is 52.0 Å². The number of rotatable bonds is 10. The number of methoxy groups -OCH3 is 1. The van der Waals surface area contributed by atoms with E-state index in [9.17, 15) is 14.3 Å². The van der Waals surface area contributed by atoms with Gasteiger partial charge in [0.1, 0.15) is 35.3 Å². The van der Waals surface area contributed by atoms with Crippen LogP contribution in [0.15, 0.2) is 54.6 Å². The number of imidazole rings is 1. The first-order valence-corrected chi connectivity index (χ1v) is 15.1. The Bertz CT molecular complexity index is 1990. The molecule has 1 saturated heterocycles. The van der Waals surface area contributed by atoms with Crippen LogP contribution < -0.4 is 14.2 Å². The van der Waals surface area contributed by atoms with Crippen molar-refractivity contribution in [2.45, 2.75) is 38.5 Å². The minimum Gasteiger partial charge on any atom is -0.494 e. The standard InChI is InChI=1S/C34H28ClF2N3O6/c1-43-30-12-18(34(41)42)11-28-32(30)39-31(40(28)16-21-7-9-44-21)15-23-22-8-10-45-33(22)24(14-25(23)36)27-4-2-3-20(38-27)17-46-29-6-5-19(35)13-26(29)37/h2-6,11-14,21H,7-10,15-17H2,1H3,(H,41,42)/t21-/m0/s1. The normalized spacial score (nSPS) is 15.3. The molecule has 1 N–H and O–H groups in total. The van der Waals surface area contributed by atoms with Crippen molar-refractivity contribution in [2.75, 3.05) is 20.3 Å². The van der Waals surface area contributed by atoms with Gasteiger partial charge in [-0.3, -0.25) is 0 Å². The van der Waals surface area contributed by atoms with E-state index < -0.39 is 17.6 Å². The highest BCUT2D eigenvalue weighted by Gasteiger charge is 2.29. The van der Waals surface area contributed by atoms with Gasteiger partial charge in [0.05, 0.1) is 48.8 Å². The Morgan fingerprint density at radius 1 is 1.09 bits per heavy atom. The molecular weight excluding hydrogens is 620 g/mol. The fourth-order valence-electron chi connectivity index (χ4n) is 5.89. The zero-order chi connectivity index (χ0) is 31.9. The van der Waals surface area contributed by atoms with E-state index in [1.807, 2.05) is 4.57 Å². The van der Waals surface area contributed by atoms with Gasteiger partial charge in [0, 0.05) is 41.2 Å². The number of carboxylic acid groups (broad SMARTS) is 1. The molecule has 4 heterocycles. The van der Waals surface area contributed by atoms with Gasteiger partial charge in [-0.15, -0.1) is 0 Å². The van der Waals surface area contributed by atoms with Crippen LogP contribution in [0.3, 0.4) is 0 Å². The molecule has 2 aliphatic heterocycles. The fraction of sp³-hybridized carbons (Fsp3) is 0.265. The third-order valence-electron chi connectivity index (χ3n) is 8.27. The first kappa shape index (κ1) is 29.9. The number of nitrogens with zero attached hydrogens (tertiary/aromatic N) is 3. The highest BCUT2D eigenvalue weighted by Crippen LogP contribution is 2.41. The van der Waals surface area contributed by atoms with Crippen LogP contribution in [0.5, 0.6) is 17.2 Å². The van der Waals surface area contributed by atoms with Crippen LogP contribution in [0.4, 0.5) is 8.78 Å². The molecule has 0 bridgehead atoms. The van der Waals surface area contributed by atoms with E-state index in [1.165, 1.54) is 37.4 Å². The van der Waals surface area contributed by atoms with Crippen LogP contribution in [0, 0.1) is 11.6 Å². The van der Waals surface area contributed by atoms with Crippen LogP contribution in [0.25, 0.3) is 22.3 Å². The number of fused-ring (bicyclic) bond motifs is 2. The highest BCUT2D eigenvalue weighted by atomic mass is 35.5. The predicted octanol–water partition coefficient (Wildman–Crippen LogP) is 6.63. The van der Waals surface area contributed by atoms with Crippen LogP contribution in [0.2, 0.25) is 5.02 Å². The predicted molar refractivity (Wildman–Crippen MR) is 165 cm³/mol. The number of carboxylic acids is 1. The molecule has 0 unspecified atom stereocenters. The van der Waals surface area contributed by atoms with E-state index in [4.69, 9.17) is 35.5 Å². The van der Waals surface area contributed by atoms with Crippen molar-refractivity contribution < 1.29 is 37.6 Å². The summed E-state index contributed by atoms with van der Waals surface area (Å²) in [4.78, 5) is 21.4. The van der Waals surface area contributed by atoms with Crippen molar-refractivity contribution >= 4 is 28.6 Å². The molecule has 46 heavy (non-hydrogen) atoms. The number of ether oxygens (including phenoxy) is 4. The summed E-state index contributed by atoms with van der Waals surface area (Å²) >= 11 is 5.84. The molecule has 7 rings (SSSR count). The Labute approximate surface area is 267 Å². The summed E-state index contributed by atoms with van der Waals surface area (Å²) in [7, 11) is 1.46. The van der Waals surface area contributed by atoms with Gasteiger partial charge in [-0.2, -0.15) is 0 Å². The Balaban J connectivity index is 1.24. The lowest BCUT2D eigenvalue weighted by atomic mass is 9.96. The van der Waals surface area contributed by atoms with Gasteiger partial charge >= 0.3 is 5.97 Å². The van der Waals surface area contributed by atoms with Crippen LogP contribution in [0.1, 0.15) is 39.4 Å². The van der Waals surface area contributed by atoms with Gasteiger partial charge in [0.15, 0.2) is 11.6 Å². The molecule has 5 aromatic rings. The van der Waals surface area contributed by atoms with Gasteiger partial charge in [0.2, 0.25) is 0 Å². The zero-order valence-electron chi connectivity index (χ0n) is 24.7. The zero-order valence-corrected chi connectivity index (χ0v) is 25.4. The maximum Gasteiger partial charge on any atom is 0.335 e. The molecule has 1 atom stereocenters. The third kappa shape index (κ3) is 5.60. The molecule has 3 aromatic carbocycles. The molecule has 2 aromatic heterocycles. The SMILES string of the molecule is COc1cc(C(=O)O)cc2c1nc(Cc1c(F)cc(-c3cccc(COc4ccc(Cl)cc4F)n3)c3c1CCO3)n2C[C@@H]1CCO1. The Morgan fingerprint density at radius 3 is 2.67 bits per heavy atom. The minimum absolute atomic E-state index is 0.00993. The van der Waals surface area contributed by atoms with Gasteiger partial charge in [-0.1, -0.05) is 17.7 Å². The first-order valence-electron chi connectivity index (χ1n) is 14.7. The summed E-state index contributed by atoms with van der Waals surface area (Å²) in [6, 6.07) is 13.8. The average molecular weight is 648 g/mol. The lowest BCUT2D eigenvalue weighted by Gasteiger charge is -2.27. The van der Waals surface area contributed by atoms with Crippen molar-refractivity contribution in [1.29, 1.82) is 0 Å². The van der Waals surface area contributed by atoms with E-state index in [0.717, 1.165) is 12.0 Å². The summed E-state index contributed by atoms with van der Waals surface area (Å²) in [6.45, 7) is 1.45. The number of hydrogen-bond donors (Lipinski definition) is 1. The monoisotopic (exact) mass is 647 g/mol. The molecule has 12 heteroatoms. The fourth-order valence-corrected chi connectivity index (χ4v) is 6.05. The van der Waals surface area contributed by atoms with Crippen molar-refractivity contribution in [3.05, 3.63) is 99.5 Å². The number of pyridine rings is 1. The summed E-state index contributed by atoms with van der Waals surface area (Å²) < 4.78 is 55.1. The Kier molecular flexibility index (Phi) is 7.95. The third-order valence-corrected chi connectivity index (χ3v) is 8.51. The smallest absolute Gasteiger partial charge is 0.335 e. The largest absolute Gasteiger partial charge is 0.494 e. The highest BCUT2D eigenvalue weighted by molar-refractivity contribution is 6.30. The molecule has 9 nitrogen and oxygen atoms in total. The summed E-state index contributed by atoms with van der Waals surface area (Å²) in [5, 5.41) is 9.98. The number of hydrogen-bond acceptors (Lipinski definition) is 7. The maximum atomic E-state index is 16.1. The topological polar surface area (TPSA) is 105 Å². The van der Waals surface area contributed by atoms with Crippen molar-refractivity contribution in [1.82, 2.24) is 14.5 Å². The molecule has 236 valence electrons. The Morgan fingerprint density at radius 2 is 1.93 bits per heavy atom. The van der Waals surface area contributed by atoms with Gasteiger partial charge < -0.3 is 28.6 Å². The van der Waals surface area contributed by atoms with Crippen molar-refractivity contribution in [3.8, 4) is 28.5 Å². The van der Waals surface area contributed by atoms with E-state index in [2.05, 4.69) is 4.98 Å². The Hall–Kier alpha value is -4.74. The molecular formula is C34H28ClF2N3O6. The lowest BCUT2D eigenvalue weighted by Crippen LogP contribution is -2.31. The number of halogens is 3. The lowest BCUT2D eigenvalue weighted by molar-refractivity contribution is -0.0589. The van der Waals surface area contributed by atoms with E-state index in [1.54, 1.807) is 24.3 Å².